The van der Waals surface area contributed by atoms with E-state index in [1.165, 1.54) is 4.90 Å². The van der Waals surface area contributed by atoms with Crippen molar-refractivity contribution in [2.75, 3.05) is 0 Å². The highest BCUT2D eigenvalue weighted by atomic mass is 19.4. The summed E-state index contributed by atoms with van der Waals surface area (Å²) in [6.07, 6.45) is -9.40. The third-order valence-electron chi connectivity index (χ3n) is 3.79. The summed E-state index contributed by atoms with van der Waals surface area (Å²) in [6, 6.07) is 8.79. The molecule has 0 radical (unpaired) electrons. The molecule has 1 atom stereocenters. The Balaban J connectivity index is 2.29. The third-order valence-corrected chi connectivity index (χ3v) is 3.79. The summed E-state index contributed by atoms with van der Waals surface area (Å²) in [7, 11) is 0. The van der Waals surface area contributed by atoms with Gasteiger partial charge in [0.1, 0.15) is 0 Å². The Morgan fingerprint density at radius 2 is 1.46 bits per heavy atom. The Morgan fingerprint density at radius 1 is 0.917 bits per heavy atom. The summed E-state index contributed by atoms with van der Waals surface area (Å²) in [6.45, 7) is 1.30. The number of alkyl halides is 7. The summed E-state index contributed by atoms with van der Waals surface area (Å²) in [4.78, 5) is 1.41. The van der Waals surface area contributed by atoms with E-state index in [0.717, 1.165) is 24.9 Å². The average molecular weight is 353 g/mol. The van der Waals surface area contributed by atoms with Crippen molar-refractivity contribution in [3.63, 3.8) is 0 Å². The van der Waals surface area contributed by atoms with Gasteiger partial charge in [-0.2, -0.15) is 26.3 Å². The van der Waals surface area contributed by atoms with Crippen LogP contribution in [0.25, 0.3) is 0 Å². The molecule has 1 aromatic carbocycles. The Hall–Kier alpha value is -1.99. The highest BCUT2D eigenvalue weighted by Gasteiger charge is 2.75. The van der Waals surface area contributed by atoms with E-state index in [0.29, 0.717) is 6.08 Å². The number of benzene rings is 1. The average Bonchev–Trinajstić information content (AvgIpc) is 2.45. The van der Waals surface area contributed by atoms with Crippen molar-refractivity contribution in [2.45, 2.75) is 31.5 Å². The van der Waals surface area contributed by atoms with Gasteiger partial charge in [0, 0.05) is 18.9 Å². The summed E-state index contributed by atoms with van der Waals surface area (Å²) in [5, 5.41) is 0. The molecule has 2 rings (SSSR count). The highest BCUT2D eigenvalue weighted by molar-refractivity contribution is 5.26. The number of rotatable bonds is 3. The quantitative estimate of drug-likeness (QED) is 0.661. The second-order valence-electron chi connectivity index (χ2n) is 5.56. The monoisotopic (exact) mass is 353 g/mol. The van der Waals surface area contributed by atoms with Crippen LogP contribution < -0.4 is 0 Å². The molecular weight excluding hydrogens is 339 g/mol. The van der Waals surface area contributed by atoms with Crippen LogP contribution in [0.4, 0.5) is 30.7 Å². The fourth-order valence-electron chi connectivity index (χ4n) is 2.59. The van der Waals surface area contributed by atoms with Gasteiger partial charge in [-0.05, 0) is 18.1 Å². The topological polar surface area (TPSA) is 3.24 Å². The van der Waals surface area contributed by atoms with E-state index in [1.54, 1.807) is 30.3 Å². The number of hydrogen-bond acceptors (Lipinski definition) is 1. The lowest BCUT2D eigenvalue weighted by Gasteiger charge is -2.38. The molecule has 1 aromatic rings. The zero-order chi connectivity index (χ0) is 18.2. The normalized spacial score (nSPS) is 19.4. The standard InChI is InChI=1S/C16H14F7N/c1-11-9-24(10-12-5-3-2-4-6-12)8-7-13(11)14(17,15(18,19)20)16(21,22)23/h2-9,13H,10H2,1H3. The molecule has 0 spiro atoms. The van der Waals surface area contributed by atoms with Gasteiger partial charge < -0.3 is 4.90 Å². The molecule has 1 heterocycles. The van der Waals surface area contributed by atoms with Crippen LogP contribution in [0.5, 0.6) is 0 Å². The van der Waals surface area contributed by atoms with Crippen molar-refractivity contribution in [3.8, 4) is 0 Å². The Kier molecular flexibility index (Phi) is 4.70. The van der Waals surface area contributed by atoms with Crippen LogP contribution in [0.3, 0.4) is 0 Å². The maximum Gasteiger partial charge on any atom is 0.432 e. The first-order chi connectivity index (χ1) is 11.0. The lowest BCUT2D eigenvalue weighted by atomic mass is 9.81. The van der Waals surface area contributed by atoms with Gasteiger partial charge in [0.15, 0.2) is 0 Å². The molecule has 0 N–H and O–H groups in total. The van der Waals surface area contributed by atoms with Crippen LogP contribution in [-0.2, 0) is 6.54 Å². The molecule has 1 unspecified atom stereocenters. The molecule has 1 nitrogen and oxygen atoms in total. The molecule has 1 aliphatic rings. The molecule has 0 aromatic heterocycles. The van der Waals surface area contributed by atoms with E-state index in [2.05, 4.69) is 0 Å². The highest BCUT2D eigenvalue weighted by Crippen LogP contribution is 2.53. The van der Waals surface area contributed by atoms with Gasteiger partial charge in [-0.3, -0.25) is 0 Å². The minimum Gasteiger partial charge on any atom is -0.350 e. The summed E-state index contributed by atoms with van der Waals surface area (Å²) in [5.74, 6) is -2.45. The van der Waals surface area contributed by atoms with E-state index in [4.69, 9.17) is 0 Å². The van der Waals surface area contributed by atoms with Crippen molar-refractivity contribution in [2.24, 2.45) is 5.92 Å². The van der Waals surface area contributed by atoms with Crippen molar-refractivity contribution in [1.82, 2.24) is 4.90 Å². The number of nitrogens with zero attached hydrogens (tertiary/aromatic N) is 1. The Labute approximate surface area is 134 Å². The van der Waals surface area contributed by atoms with Gasteiger partial charge in [0.25, 0.3) is 0 Å². The van der Waals surface area contributed by atoms with Crippen molar-refractivity contribution >= 4 is 0 Å². The molecular formula is C16H14F7N. The van der Waals surface area contributed by atoms with E-state index < -0.39 is 23.9 Å². The summed E-state index contributed by atoms with van der Waals surface area (Å²) >= 11 is 0. The van der Waals surface area contributed by atoms with Crippen LogP contribution >= 0.6 is 0 Å². The van der Waals surface area contributed by atoms with E-state index >= 15 is 0 Å². The summed E-state index contributed by atoms with van der Waals surface area (Å²) in [5.41, 5.74) is -4.87. The Morgan fingerprint density at radius 3 is 1.92 bits per heavy atom. The first kappa shape index (κ1) is 18.4. The first-order valence-corrected chi connectivity index (χ1v) is 6.95. The predicted molar refractivity (Wildman–Crippen MR) is 74.3 cm³/mol. The fourth-order valence-corrected chi connectivity index (χ4v) is 2.59. The molecule has 24 heavy (non-hydrogen) atoms. The molecule has 0 amide bonds. The van der Waals surface area contributed by atoms with Gasteiger partial charge in [0.2, 0.25) is 0 Å². The third kappa shape index (κ3) is 3.27. The van der Waals surface area contributed by atoms with Crippen LogP contribution in [0.1, 0.15) is 12.5 Å². The molecule has 8 heteroatoms. The molecule has 0 fully saturated rings. The SMILES string of the molecule is CC1=CN(Cc2ccccc2)C=CC1C(F)(C(F)(F)F)C(F)(F)F. The zero-order valence-electron chi connectivity index (χ0n) is 12.5. The van der Waals surface area contributed by atoms with Crippen molar-refractivity contribution in [3.05, 3.63) is 59.9 Å². The maximum atomic E-state index is 14.1. The largest absolute Gasteiger partial charge is 0.432 e. The van der Waals surface area contributed by atoms with Gasteiger partial charge in [-0.15, -0.1) is 0 Å². The number of halogens is 7. The lowest BCUT2D eigenvalue weighted by molar-refractivity contribution is -0.350. The van der Waals surface area contributed by atoms with Gasteiger partial charge in [0.05, 0.1) is 5.92 Å². The fraction of sp³-hybridized carbons (Fsp3) is 0.375. The number of hydrogen-bond donors (Lipinski definition) is 0. The lowest BCUT2D eigenvalue weighted by Crippen LogP contribution is -2.58. The van der Waals surface area contributed by atoms with Crippen LogP contribution in [0, 0.1) is 5.92 Å². The smallest absolute Gasteiger partial charge is 0.350 e. The molecule has 132 valence electrons. The second-order valence-corrected chi connectivity index (χ2v) is 5.56. The number of allylic oxidation sites excluding steroid dienone is 2. The maximum absolute atomic E-state index is 14.1. The predicted octanol–water partition coefficient (Wildman–Crippen LogP) is 5.37. The van der Waals surface area contributed by atoms with Crippen LogP contribution in [-0.4, -0.2) is 22.9 Å². The van der Waals surface area contributed by atoms with Gasteiger partial charge in [-0.1, -0.05) is 36.4 Å². The van der Waals surface area contributed by atoms with Gasteiger partial charge >= 0.3 is 18.0 Å². The minimum atomic E-state index is -6.07. The minimum absolute atomic E-state index is 0.249. The molecule has 0 saturated carbocycles. The molecule has 1 aliphatic heterocycles. The molecule has 0 aliphatic carbocycles. The van der Waals surface area contributed by atoms with Crippen molar-refractivity contribution < 1.29 is 30.7 Å². The molecule has 0 saturated heterocycles. The summed E-state index contributed by atoms with van der Waals surface area (Å²) < 4.78 is 91.1. The second kappa shape index (κ2) is 6.14. The van der Waals surface area contributed by atoms with E-state index in [-0.39, 0.29) is 12.1 Å². The zero-order valence-corrected chi connectivity index (χ0v) is 12.5. The molecule has 0 bridgehead atoms. The first-order valence-electron chi connectivity index (χ1n) is 6.95. The van der Waals surface area contributed by atoms with Crippen molar-refractivity contribution in [1.29, 1.82) is 0 Å². The van der Waals surface area contributed by atoms with E-state index in [1.807, 2.05) is 0 Å². The van der Waals surface area contributed by atoms with Gasteiger partial charge in [-0.25, -0.2) is 4.39 Å². The van der Waals surface area contributed by atoms with Crippen LogP contribution in [0.2, 0.25) is 0 Å². The van der Waals surface area contributed by atoms with E-state index in [9.17, 15) is 30.7 Å². The Bertz CT molecular complexity index is 614. The van der Waals surface area contributed by atoms with Crippen LogP contribution in [0.15, 0.2) is 54.4 Å².